The lowest BCUT2D eigenvalue weighted by atomic mass is 9.53. The lowest BCUT2D eigenvalue weighted by Crippen LogP contribution is -2.54. The van der Waals surface area contributed by atoms with E-state index in [1.807, 2.05) is 26.0 Å². The molecule has 2 aromatic rings. The van der Waals surface area contributed by atoms with Gasteiger partial charge in [0.2, 0.25) is 5.91 Å². The summed E-state index contributed by atoms with van der Waals surface area (Å²) in [7, 11) is 0. The summed E-state index contributed by atoms with van der Waals surface area (Å²) in [5.74, 6) is 4.71. The third-order valence-corrected chi connectivity index (χ3v) is 8.26. The van der Waals surface area contributed by atoms with Crippen molar-refractivity contribution < 1.29 is 9.32 Å². The minimum absolute atomic E-state index is 0.0338. The van der Waals surface area contributed by atoms with E-state index >= 15 is 0 Å². The molecule has 0 saturated heterocycles. The van der Waals surface area contributed by atoms with Crippen LogP contribution in [0, 0.1) is 31.6 Å². The highest BCUT2D eigenvalue weighted by atomic mass is 32.2. The molecule has 2 N–H and O–H groups in total. The Morgan fingerprint density at radius 2 is 1.73 bits per heavy atom. The maximum Gasteiger partial charge on any atom is 0.234 e. The summed E-state index contributed by atoms with van der Waals surface area (Å²) in [5.41, 5.74) is 4.20. The Morgan fingerprint density at radius 3 is 2.33 bits per heavy atom. The fourth-order valence-electron chi connectivity index (χ4n) is 6.39. The third kappa shape index (κ3) is 3.98. The number of anilines is 2. The zero-order chi connectivity index (χ0) is 20.7. The van der Waals surface area contributed by atoms with Crippen LogP contribution in [0.25, 0.3) is 0 Å². The van der Waals surface area contributed by atoms with Crippen LogP contribution in [0.1, 0.15) is 55.5 Å². The lowest BCUT2D eigenvalue weighted by Gasteiger charge is -2.57. The van der Waals surface area contributed by atoms with Gasteiger partial charge in [-0.1, -0.05) is 17.3 Å². The van der Waals surface area contributed by atoms with E-state index in [9.17, 15) is 4.79 Å². The van der Waals surface area contributed by atoms with Gasteiger partial charge >= 0.3 is 0 Å². The number of aryl methyl sites for hydroxylation is 2. The van der Waals surface area contributed by atoms with E-state index in [4.69, 9.17) is 4.52 Å². The molecule has 0 atom stereocenters. The second-order valence-electron chi connectivity index (χ2n) is 9.71. The summed E-state index contributed by atoms with van der Waals surface area (Å²) >= 11 is 1.59. The van der Waals surface area contributed by atoms with Crippen molar-refractivity contribution in [2.75, 3.05) is 16.4 Å². The standard InChI is InChI=1S/C24H31N3O2S/c1-15-20(16(2)29-27-15)13-30-14-23(28)25-21-5-3-4-6-22(21)26-24-10-17-7-18(11-24)9-19(8-17)12-24/h3-6,17-19,26H,7-14H2,1-2H3,(H,25,28). The van der Waals surface area contributed by atoms with Crippen LogP contribution in [0.15, 0.2) is 28.8 Å². The van der Waals surface area contributed by atoms with Gasteiger partial charge in [-0.25, -0.2) is 0 Å². The van der Waals surface area contributed by atoms with Gasteiger partial charge in [0.1, 0.15) is 5.76 Å². The maximum absolute atomic E-state index is 12.6. The molecule has 0 spiro atoms. The third-order valence-electron chi connectivity index (χ3n) is 7.30. The number of benzene rings is 1. The Labute approximate surface area is 182 Å². The molecule has 4 bridgehead atoms. The number of aromatic nitrogens is 1. The van der Waals surface area contributed by atoms with E-state index in [0.29, 0.717) is 5.75 Å². The zero-order valence-electron chi connectivity index (χ0n) is 17.9. The number of nitrogens with one attached hydrogen (secondary N) is 2. The number of para-hydroxylation sites is 2. The fourth-order valence-corrected chi connectivity index (χ4v) is 7.37. The normalized spacial score (nSPS) is 29.2. The van der Waals surface area contributed by atoms with Crippen molar-refractivity contribution in [1.82, 2.24) is 5.16 Å². The second-order valence-corrected chi connectivity index (χ2v) is 10.7. The first kappa shape index (κ1) is 20.0. The van der Waals surface area contributed by atoms with Gasteiger partial charge < -0.3 is 15.2 Å². The molecule has 1 amide bonds. The molecule has 4 fully saturated rings. The van der Waals surface area contributed by atoms with Gasteiger partial charge in [-0.2, -0.15) is 0 Å². The summed E-state index contributed by atoms with van der Waals surface area (Å²) in [6.45, 7) is 3.86. The second kappa shape index (κ2) is 7.95. The fraction of sp³-hybridized carbons (Fsp3) is 0.583. The molecule has 160 valence electrons. The zero-order valence-corrected chi connectivity index (χ0v) is 18.7. The Kier molecular flexibility index (Phi) is 5.30. The van der Waals surface area contributed by atoms with E-state index in [0.717, 1.165) is 51.9 Å². The quantitative estimate of drug-likeness (QED) is 0.609. The van der Waals surface area contributed by atoms with E-state index in [2.05, 4.69) is 27.9 Å². The molecule has 1 aromatic heterocycles. The summed E-state index contributed by atoms with van der Waals surface area (Å²) in [5, 5.41) is 11.0. The molecule has 4 aliphatic rings. The van der Waals surface area contributed by atoms with Crippen molar-refractivity contribution in [3.8, 4) is 0 Å². The van der Waals surface area contributed by atoms with Crippen LogP contribution in [0.4, 0.5) is 11.4 Å². The van der Waals surface area contributed by atoms with Crippen molar-refractivity contribution >= 4 is 29.0 Å². The highest BCUT2D eigenvalue weighted by Gasteiger charge is 2.51. The van der Waals surface area contributed by atoms with Crippen molar-refractivity contribution in [2.24, 2.45) is 17.8 Å². The Hall–Kier alpha value is -1.95. The number of carbonyl (C=O) groups excluding carboxylic acids is 1. The molecule has 4 aliphatic carbocycles. The van der Waals surface area contributed by atoms with Crippen LogP contribution >= 0.6 is 11.8 Å². The SMILES string of the molecule is Cc1noc(C)c1CSCC(=O)Nc1ccccc1NC12CC3CC(CC(C3)C1)C2. The van der Waals surface area contributed by atoms with Gasteiger partial charge in [0.25, 0.3) is 0 Å². The van der Waals surface area contributed by atoms with Crippen LogP contribution < -0.4 is 10.6 Å². The number of carbonyl (C=O) groups is 1. The number of hydrogen-bond acceptors (Lipinski definition) is 5. The van der Waals surface area contributed by atoms with E-state index in [-0.39, 0.29) is 11.4 Å². The molecule has 6 rings (SSSR count). The maximum atomic E-state index is 12.6. The number of hydrogen-bond donors (Lipinski definition) is 2. The predicted molar refractivity (Wildman–Crippen MR) is 122 cm³/mol. The summed E-state index contributed by atoms with van der Waals surface area (Å²) in [6.07, 6.45) is 8.16. The van der Waals surface area contributed by atoms with Gasteiger partial charge in [0, 0.05) is 16.9 Å². The first-order valence-electron chi connectivity index (χ1n) is 11.2. The van der Waals surface area contributed by atoms with E-state index < -0.39 is 0 Å². The molecular formula is C24H31N3O2S. The van der Waals surface area contributed by atoms with Gasteiger partial charge in [-0.3, -0.25) is 4.79 Å². The molecule has 1 heterocycles. The van der Waals surface area contributed by atoms with Crippen molar-refractivity contribution in [2.45, 2.75) is 63.7 Å². The van der Waals surface area contributed by atoms with Crippen LogP contribution in [0.3, 0.4) is 0 Å². The number of nitrogens with zero attached hydrogens (tertiary/aromatic N) is 1. The minimum Gasteiger partial charge on any atom is -0.378 e. The minimum atomic E-state index is 0.0338. The highest BCUT2D eigenvalue weighted by molar-refractivity contribution is 7.99. The molecule has 4 saturated carbocycles. The molecule has 30 heavy (non-hydrogen) atoms. The highest BCUT2D eigenvalue weighted by Crippen LogP contribution is 2.56. The Morgan fingerprint density at radius 1 is 1.10 bits per heavy atom. The molecule has 0 unspecified atom stereocenters. The molecule has 1 aromatic carbocycles. The molecule has 6 heteroatoms. The summed E-state index contributed by atoms with van der Waals surface area (Å²) < 4.78 is 5.21. The lowest BCUT2D eigenvalue weighted by molar-refractivity contribution is -0.113. The Bertz CT molecular complexity index is 883. The van der Waals surface area contributed by atoms with E-state index in [1.54, 1.807) is 11.8 Å². The predicted octanol–water partition coefficient (Wildman–Crippen LogP) is 5.54. The van der Waals surface area contributed by atoms with Gasteiger partial charge in [-0.05, 0) is 82.3 Å². The summed E-state index contributed by atoms with van der Waals surface area (Å²) in [6, 6.07) is 8.19. The van der Waals surface area contributed by atoms with Crippen molar-refractivity contribution in [3.63, 3.8) is 0 Å². The molecule has 0 aliphatic heterocycles. The first-order chi connectivity index (χ1) is 14.5. The summed E-state index contributed by atoms with van der Waals surface area (Å²) in [4.78, 5) is 12.6. The first-order valence-corrected chi connectivity index (χ1v) is 12.3. The number of rotatable bonds is 7. The average molecular weight is 426 g/mol. The average Bonchev–Trinajstić information content (AvgIpc) is 3.00. The smallest absolute Gasteiger partial charge is 0.234 e. The largest absolute Gasteiger partial charge is 0.378 e. The van der Waals surface area contributed by atoms with Crippen LogP contribution in [0.2, 0.25) is 0 Å². The molecular weight excluding hydrogens is 394 g/mol. The monoisotopic (exact) mass is 425 g/mol. The van der Waals surface area contributed by atoms with Crippen molar-refractivity contribution in [1.29, 1.82) is 0 Å². The number of thioether (sulfide) groups is 1. The van der Waals surface area contributed by atoms with Gasteiger partial charge in [-0.15, -0.1) is 11.8 Å². The van der Waals surface area contributed by atoms with Crippen LogP contribution in [-0.2, 0) is 10.5 Å². The molecule has 5 nitrogen and oxygen atoms in total. The van der Waals surface area contributed by atoms with Crippen molar-refractivity contribution in [3.05, 3.63) is 41.3 Å². The van der Waals surface area contributed by atoms with Gasteiger partial charge in [0.05, 0.1) is 22.8 Å². The van der Waals surface area contributed by atoms with Gasteiger partial charge in [0.15, 0.2) is 0 Å². The van der Waals surface area contributed by atoms with E-state index in [1.165, 1.54) is 38.5 Å². The Balaban J connectivity index is 1.21. The number of amides is 1. The topological polar surface area (TPSA) is 67.2 Å². The molecule has 0 radical (unpaired) electrons. The van der Waals surface area contributed by atoms with Crippen LogP contribution in [-0.4, -0.2) is 22.4 Å². The van der Waals surface area contributed by atoms with Crippen LogP contribution in [0.5, 0.6) is 0 Å².